The maximum atomic E-state index is 11.1. The summed E-state index contributed by atoms with van der Waals surface area (Å²) in [6.07, 6.45) is 1.40. The number of Topliss-reactive ketones (excluding diaryl/α,β-unsaturated/α-hetero) is 1. The average molecular weight is 224 g/mol. The van der Waals surface area contributed by atoms with Gasteiger partial charge in [-0.2, -0.15) is 0 Å². The second kappa shape index (κ2) is 4.75. The van der Waals surface area contributed by atoms with E-state index in [4.69, 9.17) is 17.3 Å². The van der Waals surface area contributed by atoms with Crippen LogP contribution in [-0.4, -0.2) is 11.7 Å². The molecule has 1 aromatic carbocycles. The Labute approximate surface area is 92.5 Å². The predicted octanol–water partition coefficient (Wildman–Crippen LogP) is 1.80. The van der Waals surface area contributed by atoms with Crippen molar-refractivity contribution in [2.45, 2.75) is 6.92 Å². The Balaban J connectivity index is 3.19. The van der Waals surface area contributed by atoms with Crippen LogP contribution in [0, 0.1) is 0 Å². The summed E-state index contributed by atoms with van der Waals surface area (Å²) in [7, 11) is 0. The first-order valence-corrected chi connectivity index (χ1v) is 4.67. The van der Waals surface area contributed by atoms with Crippen LogP contribution >= 0.6 is 11.6 Å². The molecule has 0 heterocycles. The highest BCUT2D eigenvalue weighted by atomic mass is 35.5. The summed E-state index contributed by atoms with van der Waals surface area (Å²) < 4.78 is 0. The molecule has 15 heavy (non-hydrogen) atoms. The molecule has 0 aliphatic carbocycles. The monoisotopic (exact) mass is 223 g/mol. The Morgan fingerprint density at radius 1 is 1.33 bits per heavy atom. The van der Waals surface area contributed by atoms with E-state index in [1.54, 1.807) is 24.3 Å². The number of amides is 1. The van der Waals surface area contributed by atoms with E-state index in [1.807, 2.05) is 0 Å². The van der Waals surface area contributed by atoms with E-state index in [2.05, 4.69) is 0 Å². The van der Waals surface area contributed by atoms with Gasteiger partial charge in [-0.3, -0.25) is 9.59 Å². The molecule has 0 fully saturated rings. The van der Waals surface area contributed by atoms with Crippen LogP contribution in [0.4, 0.5) is 0 Å². The number of rotatable bonds is 3. The fourth-order valence-corrected chi connectivity index (χ4v) is 1.28. The average Bonchev–Trinajstić information content (AvgIpc) is 2.15. The Morgan fingerprint density at radius 3 is 2.40 bits per heavy atom. The largest absolute Gasteiger partial charge is 0.365 e. The SMILES string of the molecule is CC(=O)/C(=C/c1ccccc1Cl)C(N)=O. The van der Waals surface area contributed by atoms with Crippen LogP contribution in [0.25, 0.3) is 6.08 Å². The fraction of sp³-hybridized carbons (Fsp3) is 0.0909. The van der Waals surface area contributed by atoms with Gasteiger partial charge in [-0.25, -0.2) is 0 Å². The molecule has 4 heteroatoms. The molecule has 1 amide bonds. The summed E-state index contributed by atoms with van der Waals surface area (Å²) in [5.41, 5.74) is 5.61. The molecule has 0 spiro atoms. The molecule has 0 aliphatic heterocycles. The first-order chi connectivity index (χ1) is 7.02. The van der Waals surface area contributed by atoms with Gasteiger partial charge in [-0.15, -0.1) is 0 Å². The van der Waals surface area contributed by atoms with Gasteiger partial charge in [0.25, 0.3) is 5.91 Å². The second-order valence-electron chi connectivity index (χ2n) is 3.00. The fourth-order valence-electron chi connectivity index (χ4n) is 1.09. The zero-order valence-electron chi connectivity index (χ0n) is 8.16. The van der Waals surface area contributed by atoms with Crippen molar-refractivity contribution in [2.75, 3.05) is 0 Å². The van der Waals surface area contributed by atoms with E-state index in [-0.39, 0.29) is 11.4 Å². The third-order valence-corrected chi connectivity index (χ3v) is 2.19. The van der Waals surface area contributed by atoms with Crippen LogP contribution in [-0.2, 0) is 9.59 Å². The van der Waals surface area contributed by atoms with Gasteiger partial charge in [0.2, 0.25) is 0 Å². The first-order valence-electron chi connectivity index (χ1n) is 4.29. The Hall–Kier alpha value is -1.61. The summed E-state index contributed by atoms with van der Waals surface area (Å²) in [5, 5.41) is 0.470. The van der Waals surface area contributed by atoms with Gasteiger partial charge in [-0.05, 0) is 24.6 Å². The second-order valence-corrected chi connectivity index (χ2v) is 3.41. The van der Waals surface area contributed by atoms with Crippen molar-refractivity contribution in [3.8, 4) is 0 Å². The lowest BCUT2D eigenvalue weighted by atomic mass is 10.1. The highest BCUT2D eigenvalue weighted by Crippen LogP contribution is 2.18. The van der Waals surface area contributed by atoms with Gasteiger partial charge < -0.3 is 5.73 Å². The zero-order valence-corrected chi connectivity index (χ0v) is 8.91. The molecule has 0 unspecified atom stereocenters. The summed E-state index contributed by atoms with van der Waals surface area (Å²) >= 11 is 5.87. The zero-order chi connectivity index (χ0) is 11.4. The van der Waals surface area contributed by atoms with E-state index in [0.717, 1.165) is 0 Å². The number of ketones is 1. The van der Waals surface area contributed by atoms with Gasteiger partial charge in [-0.1, -0.05) is 29.8 Å². The Bertz CT molecular complexity index is 422. The van der Waals surface area contributed by atoms with Crippen molar-refractivity contribution in [3.63, 3.8) is 0 Å². The van der Waals surface area contributed by atoms with Crippen molar-refractivity contribution in [3.05, 3.63) is 40.4 Å². The predicted molar refractivity (Wildman–Crippen MR) is 59.3 cm³/mol. The molecule has 0 bridgehead atoms. The van der Waals surface area contributed by atoms with Crippen LogP contribution in [0.15, 0.2) is 29.8 Å². The van der Waals surface area contributed by atoms with E-state index in [1.165, 1.54) is 13.0 Å². The van der Waals surface area contributed by atoms with Gasteiger partial charge in [0.1, 0.15) is 0 Å². The Morgan fingerprint density at radius 2 is 1.93 bits per heavy atom. The van der Waals surface area contributed by atoms with E-state index >= 15 is 0 Å². The number of carbonyl (C=O) groups is 2. The molecule has 0 radical (unpaired) electrons. The number of nitrogens with two attached hydrogens (primary N) is 1. The Kier molecular flexibility index (Phi) is 3.63. The molecule has 1 rings (SSSR count). The van der Waals surface area contributed by atoms with Gasteiger partial charge in [0.05, 0.1) is 5.57 Å². The highest BCUT2D eigenvalue weighted by Gasteiger charge is 2.10. The van der Waals surface area contributed by atoms with Crippen LogP contribution in [0.3, 0.4) is 0 Å². The summed E-state index contributed by atoms with van der Waals surface area (Å²) in [6.45, 7) is 1.29. The van der Waals surface area contributed by atoms with Gasteiger partial charge >= 0.3 is 0 Å². The standard InChI is InChI=1S/C11H10ClNO2/c1-7(14)9(11(13)15)6-8-4-2-3-5-10(8)12/h2-6H,1H3,(H2,13,15)/b9-6-. The molecule has 3 nitrogen and oxygen atoms in total. The number of halogens is 1. The molecule has 0 aromatic heterocycles. The minimum Gasteiger partial charge on any atom is -0.365 e. The summed E-state index contributed by atoms with van der Waals surface area (Å²) in [4.78, 5) is 22.0. The minimum atomic E-state index is -0.748. The number of benzene rings is 1. The van der Waals surface area contributed by atoms with Crippen LogP contribution in [0.5, 0.6) is 0 Å². The summed E-state index contributed by atoms with van der Waals surface area (Å²) in [5.74, 6) is -1.12. The first kappa shape index (κ1) is 11.5. The van der Waals surface area contributed by atoms with Crippen molar-refractivity contribution in [1.29, 1.82) is 0 Å². The quantitative estimate of drug-likeness (QED) is 0.483. The molecular formula is C11H10ClNO2. The van der Waals surface area contributed by atoms with Crippen molar-refractivity contribution in [2.24, 2.45) is 5.73 Å². The summed E-state index contributed by atoms with van der Waals surface area (Å²) in [6, 6.07) is 6.90. The number of primary amides is 1. The molecule has 2 N–H and O–H groups in total. The minimum absolute atomic E-state index is 0.0527. The maximum absolute atomic E-state index is 11.1. The number of carbonyl (C=O) groups excluding carboxylic acids is 2. The maximum Gasteiger partial charge on any atom is 0.252 e. The lowest BCUT2D eigenvalue weighted by Crippen LogP contribution is -2.18. The lowest BCUT2D eigenvalue weighted by molar-refractivity contribution is -0.119. The van der Waals surface area contributed by atoms with Gasteiger partial charge in [0, 0.05) is 5.02 Å². The molecule has 0 saturated heterocycles. The van der Waals surface area contributed by atoms with E-state index in [9.17, 15) is 9.59 Å². The molecule has 0 aliphatic rings. The van der Waals surface area contributed by atoms with Crippen LogP contribution in [0.1, 0.15) is 12.5 Å². The van der Waals surface area contributed by atoms with E-state index < -0.39 is 5.91 Å². The molecule has 78 valence electrons. The van der Waals surface area contributed by atoms with E-state index in [0.29, 0.717) is 10.6 Å². The van der Waals surface area contributed by atoms with Crippen LogP contribution < -0.4 is 5.73 Å². The topological polar surface area (TPSA) is 60.2 Å². The highest BCUT2D eigenvalue weighted by molar-refractivity contribution is 6.32. The third-order valence-electron chi connectivity index (χ3n) is 1.85. The lowest BCUT2D eigenvalue weighted by Gasteiger charge is -2.00. The molecule has 0 atom stereocenters. The molecular weight excluding hydrogens is 214 g/mol. The smallest absolute Gasteiger partial charge is 0.252 e. The normalized spacial score (nSPS) is 11.2. The van der Waals surface area contributed by atoms with Crippen molar-refractivity contribution < 1.29 is 9.59 Å². The van der Waals surface area contributed by atoms with Crippen LogP contribution in [0.2, 0.25) is 5.02 Å². The number of hydrogen-bond acceptors (Lipinski definition) is 2. The van der Waals surface area contributed by atoms with Gasteiger partial charge in [0.15, 0.2) is 5.78 Å². The molecule has 1 aromatic rings. The molecule has 0 saturated carbocycles. The van der Waals surface area contributed by atoms with Crippen molar-refractivity contribution in [1.82, 2.24) is 0 Å². The third kappa shape index (κ3) is 2.92. The van der Waals surface area contributed by atoms with Crippen molar-refractivity contribution >= 4 is 29.4 Å². The number of hydrogen-bond donors (Lipinski definition) is 1.